The molecule has 21 heavy (non-hydrogen) atoms. The van der Waals surface area contributed by atoms with E-state index in [1.54, 1.807) is 44.3 Å². The molecule has 0 aliphatic carbocycles. The Morgan fingerprint density at radius 2 is 2.05 bits per heavy atom. The van der Waals surface area contributed by atoms with Gasteiger partial charge in [0.25, 0.3) is 5.56 Å². The van der Waals surface area contributed by atoms with Crippen molar-refractivity contribution in [2.24, 2.45) is 7.05 Å². The first-order valence-electron chi connectivity index (χ1n) is 6.37. The fraction of sp³-hybridized carbons (Fsp3) is 0.125. The standard InChI is InChI=1S/C16H16N2O3/c1-10-8-14(20)15(16(21)18(10)2)13(19)7-6-11-4-3-5-12(17)9-11/h3-9,20H,17H2,1-2H3/b7-6+. The molecular formula is C16H16N2O3. The molecule has 1 aromatic carbocycles. The van der Waals surface area contributed by atoms with Crippen LogP contribution in [0.3, 0.4) is 0 Å². The molecule has 0 atom stereocenters. The van der Waals surface area contributed by atoms with Crippen LogP contribution in [0.4, 0.5) is 5.69 Å². The van der Waals surface area contributed by atoms with Crippen LogP contribution in [0.25, 0.3) is 6.08 Å². The molecule has 108 valence electrons. The lowest BCUT2D eigenvalue weighted by Gasteiger charge is -2.07. The van der Waals surface area contributed by atoms with Crippen molar-refractivity contribution in [3.05, 3.63) is 63.6 Å². The zero-order valence-corrected chi connectivity index (χ0v) is 11.8. The average Bonchev–Trinajstić information content (AvgIpc) is 2.43. The van der Waals surface area contributed by atoms with Crippen molar-refractivity contribution in [1.29, 1.82) is 0 Å². The number of nitrogens with two attached hydrogens (primary N) is 1. The van der Waals surface area contributed by atoms with Gasteiger partial charge < -0.3 is 15.4 Å². The predicted molar refractivity (Wildman–Crippen MR) is 82.3 cm³/mol. The number of aromatic nitrogens is 1. The molecule has 2 aromatic rings. The second-order valence-corrected chi connectivity index (χ2v) is 4.78. The lowest BCUT2D eigenvalue weighted by Crippen LogP contribution is -2.25. The van der Waals surface area contributed by atoms with E-state index in [9.17, 15) is 14.7 Å². The molecule has 1 aromatic heterocycles. The number of anilines is 1. The Bertz CT molecular complexity index is 789. The van der Waals surface area contributed by atoms with E-state index in [-0.39, 0.29) is 11.3 Å². The summed E-state index contributed by atoms with van der Waals surface area (Å²) in [6, 6.07) is 8.38. The molecule has 0 aliphatic rings. The Labute approximate surface area is 122 Å². The Morgan fingerprint density at radius 1 is 1.33 bits per heavy atom. The van der Waals surface area contributed by atoms with Crippen molar-refractivity contribution in [2.75, 3.05) is 5.73 Å². The number of hydrogen-bond donors (Lipinski definition) is 2. The van der Waals surface area contributed by atoms with E-state index in [4.69, 9.17) is 5.73 Å². The summed E-state index contributed by atoms with van der Waals surface area (Å²) in [7, 11) is 1.55. The second-order valence-electron chi connectivity index (χ2n) is 4.78. The maximum Gasteiger partial charge on any atom is 0.265 e. The second kappa shape index (κ2) is 5.66. The number of rotatable bonds is 3. The van der Waals surface area contributed by atoms with Gasteiger partial charge in [-0.3, -0.25) is 9.59 Å². The molecule has 0 unspecified atom stereocenters. The van der Waals surface area contributed by atoms with Gasteiger partial charge in [0.15, 0.2) is 5.78 Å². The van der Waals surface area contributed by atoms with Crippen molar-refractivity contribution < 1.29 is 9.90 Å². The van der Waals surface area contributed by atoms with Crippen LogP contribution in [0.2, 0.25) is 0 Å². The normalized spacial score (nSPS) is 11.0. The van der Waals surface area contributed by atoms with Crippen molar-refractivity contribution >= 4 is 17.5 Å². The average molecular weight is 284 g/mol. The number of carbonyl (C=O) groups excluding carboxylic acids is 1. The molecule has 0 bridgehead atoms. The van der Waals surface area contributed by atoms with Crippen LogP contribution >= 0.6 is 0 Å². The molecule has 5 nitrogen and oxygen atoms in total. The molecule has 2 rings (SSSR count). The Hall–Kier alpha value is -2.82. The SMILES string of the molecule is Cc1cc(O)c(C(=O)/C=C/c2cccc(N)c2)c(=O)n1C. The summed E-state index contributed by atoms with van der Waals surface area (Å²) >= 11 is 0. The highest BCUT2D eigenvalue weighted by molar-refractivity contribution is 6.08. The minimum atomic E-state index is -0.546. The van der Waals surface area contributed by atoms with Crippen LogP contribution in [-0.4, -0.2) is 15.5 Å². The quantitative estimate of drug-likeness (QED) is 0.512. The van der Waals surface area contributed by atoms with Crippen molar-refractivity contribution in [3.63, 3.8) is 0 Å². The van der Waals surface area contributed by atoms with Crippen molar-refractivity contribution in [1.82, 2.24) is 4.57 Å². The van der Waals surface area contributed by atoms with Gasteiger partial charge in [0, 0.05) is 24.5 Å². The number of pyridine rings is 1. The number of aromatic hydroxyl groups is 1. The third kappa shape index (κ3) is 3.02. The highest BCUT2D eigenvalue weighted by Crippen LogP contribution is 2.16. The highest BCUT2D eigenvalue weighted by Gasteiger charge is 2.16. The molecule has 0 saturated heterocycles. The summed E-state index contributed by atoms with van der Waals surface area (Å²) in [5.41, 5.74) is 6.80. The summed E-state index contributed by atoms with van der Waals surface area (Å²) in [6.45, 7) is 1.68. The number of carbonyl (C=O) groups is 1. The molecule has 5 heteroatoms. The molecule has 0 amide bonds. The van der Waals surface area contributed by atoms with Gasteiger partial charge in [-0.05, 0) is 30.7 Å². The highest BCUT2D eigenvalue weighted by atomic mass is 16.3. The van der Waals surface area contributed by atoms with E-state index in [1.165, 1.54) is 16.7 Å². The largest absolute Gasteiger partial charge is 0.507 e. The topological polar surface area (TPSA) is 85.3 Å². The van der Waals surface area contributed by atoms with E-state index in [2.05, 4.69) is 0 Å². The fourth-order valence-corrected chi connectivity index (χ4v) is 1.95. The monoisotopic (exact) mass is 284 g/mol. The van der Waals surface area contributed by atoms with E-state index in [0.29, 0.717) is 11.4 Å². The van der Waals surface area contributed by atoms with Crippen LogP contribution < -0.4 is 11.3 Å². The van der Waals surface area contributed by atoms with Crippen molar-refractivity contribution in [2.45, 2.75) is 6.92 Å². The maximum absolute atomic E-state index is 12.1. The molecular weight excluding hydrogens is 268 g/mol. The number of nitrogens with zero attached hydrogens (tertiary/aromatic N) is 1. The Balaban J connectivity index is 2.38. The lowest BCUT2D eigenvalue weighted by molar-refractivity contribution is 0.104. The van der Waals surface area contributed by atoms with Gasteiger partial charge in [-0.1, -0.05) is 18.2 Å². The van der Waals surface area contributed by atoms with E-state index >= 15 is 0 Å². The minimum Gasteiger partial charge on any atom is -0.507 e. The molecule has 0 radical (unpaired) electrons. The molecule has 0 spiro atoms. The maximum atomic E-state index is 12.1. The number of ketones is 1. The lowest BCUT2D eigenvalue weighted by atomic mass is 10.1. The third-order valence-corrected chi connectivity index (χ3v) is 3.23. The van der Waals surface area contributed by atoms with Gasteiger partial charge in [0.2, 0.25) is 0 Å². The van der Waals surface area contributed by atoms with Crippen LogP contribution in [0.15, 0.2) is 41.2 Å². The summed E-state index contributed by atoms with van der Waals surface area (Å²) < 4.78 is 1.32. The molecule has 0 saturated carbocycles. The van der Waals surface area contributed by atoms with E-state index < -0.39 is 11.3 Å². The molecule has 0 fully saturated rings. The smallest absolute Gasteiger partial charge is 0.265 e. The van der Waals surface area contributed by atoms with Crippen LogP contribution in [0.5, 0.6) is 5.75 Å². The number of benzene rings is 1. The summed E-state index contributed by atoms with van der Waals surface area (Å²) in [6.07, 6.45) is 2.80. The predicted octanol–water partition coefficient (Wildman–Crippen LogP) is 1.88. The Morgan fingerprint density at radius 3 is 2.71 bits per heavy atom. The minimum absolute atomic E-state index is 0.233. The first-order valence-corrected chi connectivity index (χ1v) is 6.37. The number of allylic oxidation sites excluding steroid dienone is 1. The van der Waals surface area contributed by atoms with Gasteiger partial charge >= 0.3 is 0 Å². The van der Waals surface area contributed by atoms with E-state index in [0.717, 1.165) is 5.56 Å². The van der Waals surface area contributed by atoms with Gasteiger partial charge in [0.1, 0.15) is 11.3 Å². The van der Waals surface area contributed by atoms with Gasteiger partial charge in [-0.2, -0.15) is 0 Å². The molecule has 1 heterocycles. The van der Waals surface area contributed by atoms with Crippen LogP contribution in [0.1, 0.15) is 21.6 Å². The summed E-state index contributed by atoms with van der Waals surface area (Å²) in [4.78, 5) is 24.2. The first-order chi connectivity index (χ1) is 9.90. The summed E-state index contributed by atoms with van der Waals surface area (Å²) in [5, 5.41) is 9.82. The number of hydrogen-bond acceptors (Lipinski definition) is 4. The van der Waals surface area contributed by atoms with Crippen LogP contribution in [-0.2, 0) is 7.05 Å². The van der Waals surface area contributed by atoms with Gasteiger partial charge in [0.05, 0.1) is 0 Å². The summed E-state index contributed by atoms with van der Waals surface area (Å²) in [5.74, 6) is -0.853. The molecule has 0 aliphatic heterocycles. The number of nitrogen functional groups attached to an aromatic ring is 1. The van der Waals surface area contributed by atoms with Crippen LogP contribution in [0, 0.1) is 6.92 Å². The zero-order chi connectivity index (χ0) is 15.6. The van der Waals surface area contributed by atoms with Gasteiger partial charge in [-0.25, -0.2) is 0 Å². The fourth-order valence-electron chi connectivity index (χ4n) is 1.95. The zero-order valence-electron chi connectivity index (χ0n) is 11.8. The van der Waals surface area contributed by atoms with Gasteiger partial charge in [-0.15, -0.1) is 0 Å². The van der Waals surface area contributed by atoms with Crippen molar-refractivity contribution in [3.8, 4) is 5.75 Å². The third-order valence-electron chi connectivity index (χ3n) is 3.23. The van der Waals surface area contributed by atoms with E-state index in [1.807, 2.05) is 0 Å². The Kier molecular flexibility index (Phi) is 3.93. The first kappa shape index (κ1) is 14.6. The number of aryl methyl sites for hydroxylation is 1. The molecule has 3 N–H and O–H groups in total.